The highest BCUT2D eigenvalue weighted by Crippen LogP contribution is 0.690. The Morgan fingerprint density at radius 2 is 0.750 bits per heavy atom. The van der Waals surface area contributed by atoms with Crippen LogP contribution in [0.4, 0.5) is 9.41 Å². The third kappa shape index (κ3) is 16.3. The predicted molar refractivity (Wildman–Crippen MR) is 22.2 cm³/mol. The van der Waals surface area contributed by atoms with E-state index in [0.717, 1.165) is 0 Å². The van der Waals surface area contributed by atoms with Crippen LogP contribution in [0.2, 0.25) is 0 Å². The SMILES string of the molecule is Cl.F.F.[AlH3]. The Morgan fingerprint density at radius 1 is 0.750 bits per heavy atom. The summed E-state index contributed by atoms with van der Waals surface area (Å²) in [5, 5.41) is 0. The minimum absolute atomic E-state index is 0. The Balaban J connectivity index is 0. The maximum Gasteiger partial charge on any atom is 0.187 e. The second-order valence-corrected chi connectivity index (χ2v) is 0. The maximum atomic E-state index is 0. The van der Waals surface area contributed by atoms with Crippen molar-refractivity contribution < 1.29 is 9.41 Å². The lowest BCUT2D eigenvalue weighted by Gasteiger charge is -0.270. The van der Waals surface area contributed by atoms with Crippen molar-refractivity contribution in [1.82, 2.24) is 0 Å². The second-order valence-electron chi connectivity index (χ2n) is 0. The lowest BCUT2D eigenvalue weighted by molar-refractivity contribution is 1.11. The predicted octanol–water partition coefficient (Wildman–Crippen LogP) is -0.457. The third-order valence-electron chi connectivity index (χ3n) is 0. The van der Waals surface area contributed by atoms with Gasteiger partial charge in [0.05, 0.1) is 0 Å². The van der Waals surface area contributed by atoms with Gasteiger partial charge in [0, 0.05) is 0 Å². The smallest absolute Gasteiger partial charge is 0.187 e. The first kappa shape index (κ1) is 136. The van der Waals surface area contributed by atoms with Crippen molar-refractivity contribution in [3.8, 4) is 0 Å². The number of hydrogen-bond donors (Lipinski definition) is 0. The van der Waals surface area contributed by atoms with E-state index in [0.29, 0.717) is 0 Å². The van der Waals surface area contributed by atoms with E-state index < -0.39 is 0 Å². The molecule has 0 radical (unpaired) electrons. The van der Waals surface area contributed by atoms with E-state index >= 15 is 0 Å². The quantitative estimate of drug-likeness (QED) is 0.367. The van der Waals surface area contributed by atoms with Crippen molar-refractivity contribution in [2.24, 2.45) is 0 Å². The van der Waals surface area contributed by atoms with E-state index in [4.69, 9.17) is 0 Å². The number of halogens is 3. The molecule has 0 aromatic carbocycles. The molecule has 0 bridgehead atoms. The van der Waals surface area contributed by atoms with Crippen LogP contribution in [0.1, 0.15) is 0 Å². The first-order valence-electron chi connectivity index (χ1n) is 0. The molecule has 0 heterocycles. The summed E-state index contributed by atoms with van der Waals surface area (Å²) in [5.74, 6) is 0. The van der Waals surface area contributed by atoms with Gasteiger partial charge in [0.15, 0.2) is 17.4 Å². The number of hydrogen-bond acceptors (Lipinski definition) is 0. The lowest BCUT2D eigenvalue weighted by Crippen LogP contribution is -0.381. The Kier molecular flexibility index (Phi) is 1940. The van der Waals surface area contributed by atoms with Crippen LogP contribution in [0, 0.1) is 0 Å². The largest absolute Gasteiger partial charge is 0.269 e. The van der Waals surface area contributed by atoms with Crippen molar-refractivity contribution in [2.45, 2.75) is 0 Å². The molecule has 0 nitrogen and oxygen atoms in total. The summed E-state index contributed by atoms with van der Waals surface area (Å²) in [7, 11) is 0. The Hall–Kier alpha value is 0.682. The summed E-state index contributed by atoms with van der Waals surface area (Å²) in [5.41, 5.74) is 0. The zero-order valence-electron chi connectivity index (χ0n) is 1.22. The van der Waals surface area contributed by atoms with E-state index in [2.05, 4.69) is 0 Å². The average molecular weight is 106 g/mol. The first-order chi connectivity index (χ1) is 0. The molecule has 0 aromatic rings. The molecule has 0 amide bonds. The fourth-order valence-electron chi connectivity index (χ4n) is 0. The molecule has 0 saturated carbocycles. The molecule has 0 aromatic heterocycles. The van der Waals surface area contributed by atoms with Crippen molar-refractivity contribution in [2.75, 3.05) is 0 Å². The molecule has 0 fully saturated rings. The summed E-state index contributed by atoms with van der Waals surface area (Å²) in [6.45, 7) is 0. The van der Waals surface area contributed by atoms with Gasteiger partial charge in [-0.15, -0.1) is 12.4 Å². The van der Waals surface area contributed by atoms with Crippen molar-refractivity contribution >= 4 is 29.8 Å². The highest BCUT2D eigenvalue weighted by molar-refractivity contribution is 5.85. The molecule has 0 aliphatic carbocycles. The van der Waals surface area contributed by atoms with Gasteiger partial charge in [0.2, 0.25) is 0 Å². The maximum absolute atomic E-state index is 0. The number of rotatable bonds is 0. The van der Waals surface area contributed by atoms with Crippen LogP contribution in [0.5, 0.6) is 0 Å². The standard InChI is InChI=1S/Al.ClH.2FH.3H/h;3*1H;;;. The van der Waals surface area contributed by atoms with Crippen LogP contribution in [-0.2, 0) is 0 Å². The van der Waals surface area contributed by atoms with Gasteiger partial charge in [-0.05, 0) is 0 Å². The van der Waals surface area contributed by atoms with Crippen molar-refractivity contribution in [3.05, 3.63) is 0 Å². The topological polar surface area (TPSA) is 0 Å². The van der Waals surface area contributed by atoms with Crippen LogP contribution in [0.15, 0.2) is 0 Å². The second kappa shape index (κ2) is 56.9. The van der Waals surface area contributed by atoms with Crippen LogP contribution in [0.3, 0.4) is 0 Å². The third-order valence-corrected chi connectivity index (χ3v) is 0. The Labute approximate surface area is 39.9 Å². The van der Waals surface area contributed by atoms with Gasteiger partial charge in [0.25, 0.3) is 0 Å². The van der Waals surface area contributed by atoms with Gasteiger partial charge in [0.1, 0.15) is 0 Å². The first-order valence-corrected chi connectivity index (χ1v) is 0. The normalized spacial score (nSPS) is 0. The molecule has 0 saturated heterocycles. The van der Waals surface area contributed by atoms with Gasteiger partial charge in [-0.1, -0.05) is 0 Å². The molecule has 0 spiro atoms. The molecule has 4 heteroatoms. The molecule has 0 N–H and O–H groups in total. The van der Waals surface area contributed by atoms with E-state index in [9.17, 15) is 0 Å². The summed E-state index contributed by atoms with van der Waals surface area (Å²) in [6, 6.07) is 0. The molecule has 0 atom stereocenters. The van der Waals surface area contributed by atoms with Crippen molar-refractivity contribution in [1.29, 1.82) is 0 Å². The van der Waals surface area contributed by atoms with Gasteiger partial charge in [-0.3, -0.25) is 9.41 Å². The van der Waals surface area contributed by atoms with E-state index in [1.165, 1.54) is 0 Å². The van der Waals surface area contributed by atoms with E-state index in [-0.39, 0.29) is 39.2 Å². The van der Waals surface area contributed by atoms with Gasteiger partial charge >= 0.3 is 0 Å². The Bertz CT molecular complexity index is 6.00. The molecule has 30 valence electrons. The summed E-state index contributed by atoms with van der Waals surface area (Å²) in [4.78, 5) is 0. The fraction of sp³-hybridized carbons (Fsp3) is 0. The molecular formula is H6AlClF2. The minimum Gasteiger partial charge on any atom is -0.269 e. The highest BCUT2D eigenvalue weighted by atomic mass is 35.5. The van der Waals surface area contributed by atoms with Crippen LogP contribution in [-0.4, -0.2) is 17.4 Å². The minimum atomic E-state index is 0. The molecule has 0 aliphatic heterocycles. The van der Waals surface area contributed by atoms with Gasteiger partial charge < -0.3 is 0 Å². The fourth-order valence-corrected chi connectivity index (χ4v) is 0. The van der Waals surface area contributed by atoms with Crippen LogP contribution >= 0.6 is 12.4 Å². The van der Waals surface area contributed by atoms with Crippen LogP contribution < -0.4 is 0 Å². The Morgan fingerprint density at radius 3 is 0.750 bits per heavy atom. The highest BCUT2D eigenvalue weighted by Gasteiger charge is 0.187. The van der Waals surface area contributed by atoms with Gasteiger partial charge in [-0.25, -0.2) is 0 Å². The average Bonchev–Trinajstić information content (AvgIpc) is 0. The van der Waals surface area contributed by atoms with E-state index in [1.807, 2.05) is 0 Å². The van der Waals surface area contributed by atoms with Crippen LogP contribution in [0.25, 0.3) is 0 Å². The summed E-state index contributed by atoms with van der Waals surface area (Å²) in [6.07, 6.45) is 0. The molecule has 4 heavy (non-hydrogen) atoms. The molecule has 0 rings (SSSR count). The summed E-state index contributed by atoms with van der Waals surface area (Å²) >= 11 is 0. The monoisotopic (exact) mass is 106 g/mol. The molecule has 0 aliphatic rings. The van der Waals surface area contributed by atoms with Crippen molar-refractivity contribution in [3.63, 3.8) is 0 Å². The zero-order valence-corrected chi connectivity index (χ0v) is 2.04. The van der Waals surface area contributed by atoms with Gasteiger partial charge in [-0.2, -0.15) is 0 Å². The molecular weight excluding hydrogens is 100 g/mol. The molecule has 0 unspecified atom stereocenters. The van der Waals surface area contributed by atoms with E-state index in [1.54, 1.807) is 0 Å². The zero-order chi connectivity index (χ0) is 0. The lowest BCUT2D eigenvalue weighted by atomic mass is 19.0. The summed E-state index contributed by atoms with van der Waals surface area (Å²) < 4.78 is 0.